The van der Waals surface area contributed by atoms with Gasteiger partial charge in [0.25, 0.3) is 0 Å². The van der Waals surface area contributed by atoms with E-state index in [0.29, 0.717) is 12.1 Å². The topological polar surface area (TPSA) is 64.3 Å². The fraction of sp³-hybridized carbons (Fsp3) is 0.333. The van der Waals surface area contributed by atoms with Crippen molar-refractivity contribution in [3.05, 3.63) is 28.2 Å². The molecule has 0 saturated carbocycles. The summed E-state index contributed by atoms with van der Waals surface area (Å²) in [5.74, 6) is -0.969. The van der Waals surface area contributed by atoms with E-state index in [1.54, 1.807) is 30.1 Å². The lowest BCUT2D eigenvalue weighted by Crippen LogP contribution is -2.29. The first-order valence-corrected chi connectivity index (χ1v) is 5.89. The van der Waals surface area contributed by atoms with Gasteiger partial charge in [-0.25, -0.2) is 4.79 Å². The summed E-state index contributed by atoms with van der Waals surface area (Å²) in [6, 6.07) is 7.04. The van der Waals surface area contributed by atoms with E-state index in [1.165, 1.54) is 0 Å². The summed E-state index contributed by atoms with van der Waals surface area (Å²) < 4.78 is 0.813. The molecule has 1 atom stereocenters. The van der Waals surface area contributed by atoms with Crippen molar-refractivity contribution in [2.75, 3.05) is 11.9 Å². The first kappa shape index (κ1) is 13.5. The van der Waals surface area contributed by atoms with Gasteiger partial charge in [0, 0.05) is 17.6 Å². The van der Waals surface area contributed by atoms with Crippen LogP contribution in [0.25, 0.3) is 0 Å². The molecule has 0 heterocycles. The van der Waals surface area contributed by atoms with Crippen LogP contribution in [0.15, 0.2) is 22.7 Å². The summed E-state index contributed by atoms with van der Waals surface area (Å²) in [6.45, 7) is 1.88. The minimum absolute atomic E-state index is 0.0348. The number of nitriles is 1. The lowest BCUT2D eigenvalue weighted by atomic mass is 10.1. The average molecular weight is 297 g/mol. The van der Waals surface area contributed by atoms with Crippen LogP contribution in [0.3, 0.4) is 0 Å². The Morgan fingerprint density at radius 3 is 2.82 bits per heavy atom. The van der Waals surface area contributed by atoms with Crippen LogP contribution in [0.5, 0.6) is 0 Å². The first-order chi connectivity index (χ1) is 7.97. The molecule has 0 aliphatic rings. The largest absolute Gasteiger partial charge is 0.478 e. The van der Waals surface area contributed by atoms with Crippen LogP contribution in [0.2, 0.25) is 0 Å². The highest BCUT2D eigenvalue weighted by atomic mass is 79.9. The molecule has 1 N–H and O–H groups in total. The Kier molecular flexibility index (Phi) is 4.53. The molecule has 5 heteroatoms. The molecule has 1 aromatic rings. The zero-order chi connectivity index (χ0) is 13.0. The third kappa shape index (κ3) is 3.21. The van der Waals surface area contributed by atoms with Gasteiger partial charge in [-0.1, -0.05) is 15.9 Å². The van der Waals surface area contributed by atoms with Crippen LogP contribution in [-0.2, 0) is 0 Å². The molecule has 0 spiro atoms. The van der Waals surface area contributed by atoms with Gasteiger partial charge in [-0.15, -0.1) is 0 Å². The first-order valence-electron chi connectivity index (χ1n) is 5.10. The predicted molar refractivity (Wildman–Crippen MR) is 69.2 cm³/mol. The minimum atomic E-state index is -0.969. The van der Waals surface area contributed by atoms with Crippen molar-refractivity contribution in [2.45, 2.75) is 19.4 Å². The van der Waals surface area contributed by atoms with E-state index < -0.39 is 5.97 Å². The standard InChI is InChI=1S/C12H13BrN2O2/c1-8(5-6-14)15(2)11-7-9(13)3-4-10(11)12(16)17/h3-4,7-8H,5H2,1-2H3,(H,16,17). The highest BCUT2D eigenvalue weighted by Crippen LogP contribution is 2.26. The second kappa shape index (κ2) is 5.69. The molecule has 0 bridgehead atoms. The third-order valence-corrected chi connectivity index (χ3v) is 3.11. The number of rotatable bonds is 4. The summed E-state index contributed by atoms with van der Waals surface area (Å²) in [5, 5.41) is 17.8. The van der Waals surface area contributed by atoms with Gasteiger partial charge in [0.1, 0.15) is 0 Å². The van der Waals surface area contributed by atoms with Crippen LogP contribution < -0.4 is 4.90 Å². The van der Waals surface area contributed by atoms with E-state index in [0.717, 1.165) is 4.47 Å². The fourth-order valence-electron chi connectivity index (χ4n) is 1.48. The lowest BCUT2D eigenvalue weighted by Gasteiger charge is -2.26. The van der Waals surface area contributed by atoms with Crippen molar-refractivity contribution in [1.82, 2.24) is 0 Å². The molecule has 90 valence electrons. The summed E-state index contributed by atoms with van der Waals surface area (Å²) in [4.78, 5) is 12.9. The van der Waals surface area contributed by atoms with Crippen molar-refractivity contribution in [2.24, 2.45) is 0 Å². The lowest BCUT2D eigenvalue weighted by molar-refractivity contribution is 0.0697. The molecule has 1 aromatic carbocycles. The van der Waals surface area contributed by atoms with Crippen molar-refractivity contribution in [1.29, 1.82) is 5.26 Å². The molecule has 0 aliphatic heterocycles. The molecule has 0 saturated heterocycles. The Hall–Kier alpha value is -1.54. The maximum Gasteiger partial charge on any atom is 0.337 e. The molecule has 4 nitrogen and oxygen atoms in total. The Bertz CT molecular complexity index is 468. The second-order valence-electron chi connectivity index (χ2n) is 3.79. The van der Waals surface area contributed by atoms with Gasteiger partial charge in [0.2, 0.25) is 0 Å². The molecule has 0 aromatic heterocycles. The molecule has 1 rings (SSSR count). The minimum Gasteiger partial charge on any atom is -0.478 e. The van der Waals surface area contributed by atoms with Gasteiger partial charge in [-0.3, -0.25) is 0 Å². The van der Waals surface area contributed by atoms with Crippen molar-refractivity contribution in [3.63, 3.8) is 0 Å². The van der Waals surface area contributed by atoms with E-state index in [-0.39, 0.29) is 11.6 Å². The van der Waals surface area contributed by atoms with Crippen molar-refractivity contribution >= 4 is 27.6 Å². The summed E-state index contributed by atoms with van der Waals surface area (Å²) in [7, 11) is 1.79. The van der Waals surface area contributed by atoms with E-state index >= 15 is 0 Å². The number of anilines is 1. The van der Waals surface area contributed by atoms with Gasteiger partial charge in [-0.2, -0.15) is 5.26 Å². The maximum absolute atomic E-state index is 11.1. The fourth-order valence-corrected chi connectivity index (χ4v) is 1.83. The Morgan fingerprint density at radius 1 is 1.65 bits per heavy atom. The number of nitrogens with zero attached hydrogens (tertiary/aromatic N) is 2. The Balaban J connectivity index is 3.15. The highest BCUT2D eigenvalue weighted by Gasteiger charge is 2.17. The van der Waals surface area contributed by atoms with E-state index in [2.05, 4.69) is 22.0 Å². The number of carboxylic acid groups (broad SMARTS) is 1. The van der Waals surface area contributed by atoms with E-state index in [4.69, 9.17) is 10.4 Å². The van der Waals surface area contributed by atoms with Crippen LogP contribution in [-0.4, -0.2) is 24.2 Å². The number of halogens is 1. The number of carbonyl (C=O) groups is 1. The predicted octanol–water partition coefficient (Wildman–Crippen LogP) is 2.89. The number of hydrogen-bond acceptors (Lipinski definition) is 3. The van der Waals surface area contributed by atoms with E-state index in [1.807, 2.05) is 6.92 Å². The average Bonchev–Trinajstić information content (AvgIpc) is 2.27. The monoisotopic (exact) mass is 296 g/mol. The molecule has 1 unspecified atom stereocenters. The Morgan fingerprint density at radius 2 is 2.29 bits per heavy atom. The molecule has 17 heavy (non-hydrogen) atoms. The summed E-state index contributed by atoms with van der Waals surface area (Å²) in [6.07, 6.45) is 0.349. The van der Waals surface area contributed by atoms with Gasteiger partial charge in [-0.05, 0) is 25.1 Å². The zero-order valence-corrected chi connectivity index (χ0v) is 11.2. The summed E-state index contributed by atoms with van der Waals surface area (Å²) in [5.41, 5.74) is 0.843. The molecule has 0 fully saturated rings. The van der Waals surface area contributed by atoms with Crippen molar-refractivity contribution in [3.8, 4) is 6.07 Å². The van der Waals surface area contributed by atoms with Crippen LogP contribution in [0.4, 0.5) is 5.69 Å². The molecule has 0 radical (unpaired) electrons. The highest BCUT2D eigenvalue weighted by molar-refractivity contribution is 9.10. The van der Waals surface area contributed by atoms with Crippen LogP contribution >= 0.6 is 15.9 Å². The summed E-state index contributed by atoms with van der Waals surface area (Å²) >= 11 is 3.32. The van der Waals surface area contributed by atoms with Crippen LogP contribution in [0, 0.1) is 11.3 Å². The zero-order valence-electron chi connectivity index (χ0n) is 9.64. The quantitative estimate of drug-likeness (QED) is 0.928. The van der Waals surface area contributed by atoms with Gasteiger partial charge < -0.3 is 10.0 Å². The normalized spacial score (nSPS) is 11.6. The molecular weight excluding hydrogens is 284 g/mol. The second-order valence-corrected chi connectivity index (χ2v) is 4.70. The van der Waals surface area contributed by atoms with Gasteiger partial charge in [0.05, 0.1) is 23.7 Å². The number of benzene rings is 1. The van der Waals surface area contributed by atoms with Gasteiger partial charge in [0.15, 0.2) is 0 Å². The van der Waals surface area contributed by atoms with E-state index in [9.17, 15) is 4.79 Å². The van der Waals surface area contributed by atoms with Gasteiger partial charge >= 0.3 is 5.97 Å². The molecule has 0 aliphatic carbocycles. The SMILES string of the molecule is CC(CC#N)N(C)c1cc(Br)ccc1C(=O)O. The smallest absolute Gasteiger partial charge is 0.337 e. The number of hydrogen-bond donors (Lipinski definition) is 1. The third-order valence-electron chi connectivity index (χ3n) is 2.62. The van der Waals surface area contributed by atoms with Crippen LogP contribution in [0.1, 0.15) is 23.7 Å². The maximum atomic E-state index is 11.1. The number of aromatic carboxylic acids is 1. The van der Waals surface area contributed by atoms with Crippen molar-refractivity contribution < 1.29 is 9.90 Å². The molecular formula is C12H13BrN2O2. The molecule has 0 amide bonds. The number of carboxylic acids is 1. The Labute approximate surface area is 109 Å².